The molecule has 0 aliphatic carbocycles. The number of anilines is 4. The van der Waals surface area contributed by atoms with Crippen molar-refractivity contribution in [1.29, 1.82) is 0 Å². The van der Waals surface area contributed by atoms with Gasteiger partial charge in [-0.25, -0.2) is 0 Å². The Bertz CT molecular complexity index is 1610. The number of hydrogen-bond donors (Lipinski definition) is 6. The van der Waals surface area contributed by atoms with E-state index < -0.39 is 44.0 Å². The fraction of sp³-hybridized carbons (Fsp3) is 0.235. The summed E-state index contributed by atoms with van der Waals surface area (Å²) in [5.74, 6) is -1.07. The van der Waals surface area contributed by atoms with Crippen LogP contribution in [0.5, 0.6) is 0 Å². The van der Waals surface area contributed by atoms with Crippen LogP contribution in [0.4, 0.5) is 22.7 Å². The van der Waals surface area contributed by atoms with E-state index in [9.17, 15) is 14.7 Å². The highest BCUT2D eigenvalue weighted by Crippen LogP contribution is 2.35. The molecule has 10 nitrogen and oxygen atoms in total. The van der Waals surface area contributed by atoms with E-state index in [1.807, 2.05) is 12.1 Å². The highest BCUT2D eigenvalue weighted by Gasteiger charge is 2.16. The molecule has 0 fully saturated rings. The summed E-state index contributed by atoms with van der Waals surface area (Å²) in [6.45, 7) is -1.58. The van der Waals surface area contributed by atoms with Crippen LogP contribution in [0.3, 0.4) is 0 Å². The lowest BCUT2D eigenvalue weighted by molar-refractivity contribution is -0.152. The zero-order valence-corrected chi connectivity index (χ0v) is 28.4. The lowest BCUT2D eigenvalue weighted by Crippen LogP contribution is -2.26. The molecule has 4 aromatic rings. The average molecular weight is 740 g/mol. The normalized spacial score (nSPS) is 11.3. The Balaban J connectivity index is 0.000000260. The van der Waals surface area contributed by atoms with Gasteiger partial charge in [0.25, 0.3) is 0 Å². The molecular weight excluding hydrogens is 706 g/mol. The van der Waals surface area contributed by atoms with E-state index in [1.54, 1.807) is 72.8 Å². The van der Waals surface area contributed by atoms with Crippen molar-refractivity contribution in [3.63, 3.8) is 0 Å². The monoisotopic (exact) mass is 738 g/mol. The zero-order valence-electron chi connectivity index (χ0n) is 25.4. The standard InChI is InChI=1S/2C17H17Cl2NO4/c18-13-5-3-6-14(19)17(13)20-15-7-2-1-4-11(15)8-16(23)24-10-12(22)9-21;18-13-5-3-6-14(19)17(13)20-15-7-2-1-4-11(15)8-16(23)24-12(9-21)10-22/h2*1-7,12,20-22H,8-10H2. The fourth-order valence-corrected chi connectivity index (χ4v) is 5.04. The van der Waals surface area contributed by atoms with Gasteiger partial charge in [0, 0.05) is 11.4 Å². The molecule has 0 radical (unpaired) electrons. The van der Waals surface area contributed by atoms with Crippen LogP contribution < -0.4 is 10.6 Å². The third kappa shape index (κ3) is 12.1. The van der Waals surface area contributed by atoms with Crippen LogP contribution in [0.25, 0.3) is 0 Å². The maximum atomic E-state index is 12.0. The number of carbonyl (C=O) groups is 2. The van der Waals surface area contributed by atoms with Gasteiger partial charge in [0.1, 0.15) is 18.8 Å². The Labute approximate surface area is 297 Å². The van der Waals surface area contributed by atoms with Crippen molar-refractivity contribution in [3.05, 3.63) is 116 Å². The number of para-hydroxylation sites is 4. The molecule has 4 aromatic carbocycles. The molecule has 4 rings (SSSR count). The zero-order chi connectivity index (χ0) is 35.1. The van der Waals surface area contributed by atoms with E-state index in [-0.39, 0.29) is 19.4 Å². The number of esters is 2. The number of carbonyl (C=O) groups excluding carboxylic acids is 2. The summed E-state index contributed by atoms with van der Waals surface area (Å²) < 4.78 is 9.91. The number of aliphatic hydroxyl groups excluding tert-OH is 4. The molecule has 1 unspecified atom stereocenters. The number of nitrogens with one attached hydrogen (secondary N) is 2. The molecule has 256 valence electrons. The summed E-state index contributed by atoms with van der Waals surface area (Å²) in [5.41, 5.74) is 3.80. The Hall–Kier alpha value is -3.58. The summed E-state index contributed by atoms with van der Waals surface area (Å²) in [6.07, 6.45) is -2.02. The number of halogens is 4. The van der Waals surface area contributed by atoms with Gasteiger partial charge >= 0.3 is 11.9 Å². The van der Waals surface area contributed by atoms with Crippen LogP contribution in [-0.4, -0.2) is 71.0 Å². The molecule has 0 aliphatic rings. The average Bonchev–Trinajstić information content (AvgIpc) is 3.07. The molecule has 14 heteroatoms. The van der Waals surface area contributed by atoms with Crippen LogP contribution in [-0.2, 0) is 31.9 Å². The smallest absolute Gasteiger partial charge is 0.310 e. The van der Waals surface area contributed by atoms with Crippen LogP contribution in [0, 0.1) is 0 Å². The minimum atomic E-state index is -1.08. The SMILES string of the molecule is O=C(Cc1ccccc1Nc1c(Cl)cccc1Cl)OC(CO)CO.O=C(Cc1ccccc1Nc1c(Cl)cccc1Cl)OCC(O)CO. The topological polar surface area (TPSA) is 158 Å². The van der Waals surface area contributed by atoms with Crippen molar-refractivity contribution >= 4 is 81.1 Å². The van der Waals surface area contributed by atoms with Crippen LogP contribution >= 0.6 is 46.4 Å². The van der Waals surface area contributed by atoms with Gasteiger partial charge < -0.3 is 40.5 Å². The van der Waals surface area contributed by atoms with E-state index >= 15 is 0 Å². The molecular formula is C34H34Cl4N2O8. The molecule has 0 bridgehead atoms. The first kappa shape index (κ1) is 38.9. The van der Waals surface area contributed by atoms with E-state index in [0.29, 0.717) is 54.0 Å². The molecule has 48 heavy (non-hydrogen) atoms. The quantitative estimate of drug-likeness (QED) is 0.0806. The summed E-state index contributed by atoms with van der Waals surface area (Å²) >= 11 is 24.6. The van der Waals surface area contributed by atoms with E-state index in [1.165, 1.54) is 0 Å². The Morgan fingerprint density at radius 1 is 0.604 bits per heavy atom. The molecule has 0 heterocycles. The summed E-state index contributed by atoms with van der Waals surface area (Å²) in [6, 6.07) is 24.7. The predicted octanol–water partition coefficient (Wildman–Crippen LogP) is 6.35. The van der Waals surface area contributed by atoms with Crippen molar-refractivity contribution in [2.45, 2.75) is 25.0 Å². The summed E-state index contributed by atoms with van der Waals surface area (Å²) in [7, 11) is 0. The number of ether oxygens (including phenoxy) is 2. The lowest BCUT2D eigenvalue weighted by Gasteiger charge is -2.16. The van der Waals surface area contributed by atoms with E-state index in [4.69, 9.17) is 71.2 Å². The van der Waals surface area contributed by atoms with Crippen molar-refractivity contribution in [3.8, 4) is 0 Å². The second kappa shape index (κ2) is 20.1. The van der Waals surface area contributed by atoms with Gasteiger partial charge in [-0.1, -0.05) is 94.9 Å². The second-order valence-electron chi connectivity index (χ2n) is 10.1. The molecule has 0 aromatic heterocycles. The first-order valence-electron chi connectivity index (χ1n) is 14.5. The van der Waals surface area contributed by atoms with Crippen molar-refractivity contribution in [1.82, 2.24) is 0 Å². The Morgan fingerprint density at radius 2 is 1.02 bits per heavy atom. The van der Waals surface area contributed by atoms with Crippen molar-refractivity contribution in [2.75, 3.05) is 37.1 Å². The fourth-order valence-electron chi connectivity index (χ4n) is 4.06. The molecule has 0 aliphatic heterocycles. The van der Waals surface area contributed by atoms with Crippen molar-refractivity contribution in [2.24, 2.45) is 0 Å². The van der Waals surface area contributed by atoms with Crippen LogP contribution in [0.2, 0.25) is 20.1 Å². The summed E-state index contributed by atoms with van der Waals surface area (Å²) in [4.78, 5) is 23.8. The molecule has 0 saturated carbocycles. The largest absolute Gasteiger partial charge is 0.463 e. The highest BCUT2D eigenvalue weighted by atomic mass is 35.5. The van der Waals surface area contributed by atoms with Gasteiger partial charge in [-0.15, -0.1) is 0 Å². The van der Waals surface area contributed by atoms with Gasteiger partial charge in [0.05, 0.1) is 64.1 Å². The first-order valence-corrected chi connectivity index (χ1v) is 16.0. The Kier molecular flexibility index (Phi) is 16.2. The minimum Gasteiger partial charge on any atom is -0.463 e. The summed E-state index contributed by atoms with van der Waals surface area (Å²) in [5, 5.41) is 44.0. The molecule has 0 spiro atoms. The highest BCUT2D eigenvalue weighted by molar-refractivity contribution is 6.39. The third-order valence-electron chi connectivity index (χ3n) is 6.50. The van der Waals surface area contributed by atoms with Gasteiger partial charge in [-0.05, 0) is 47.5 Å². The minimum absolute atomic E-state index is 0.00337. The van der Waals surface area contributed by atoms with Crippen molar-refractivity contribution < 1.29 is 39.5 Å². The Morgan fingerprint density at radius 3 is 1.44 bits per heavy atom. The maximum Gasteiger partial charge on any atom is 0.310 e. The van der Waals surface area contributed by atoms with Gasteiger partial charge in [-0.2, -0.15) is 0 Å². The van der Waals surface area contributed by atoms with E-state index in [2.05, 4.69) is 10.6 Å². The lowest BCUT2D eigenvalue weighted by atomic mass is 10.1. The molecule has 0 saturated heterocycles. The number of benzene rings is 4. The molecule has 0 amide bonds. The second-order valence-corrected chi connectivity index (χ2v) is 11.7. The number of hydrogen-bond acceptors (Lipinski definition) is 10. The van der Waals surface area contributed by atoms with Crippen LogP contribution in [0.15, 0.2) is 84.9 Å². The van der Waals surface area contributed by atoms with Gasteiger partial charge in [0.2, 0.25) is 0 Å². The third-order valence-corrected chi connectivity index (χ3v) is 7.76. The number of aliphatic hydroxyl groups is 4. The van der Waals surface area contributed by atoms with E-state index in [0.717, 1.165) is 0 Å². The van der Waals surface area contributed by atoms with Gasteiger partial charge in [-0.3, -0.25) is 9.59 Å². The number of rotatable bonds is 14. The van der Waals surface area contributed by atoms with Crippen LogP contribution in [0.1, 0.15) is 11.1 Å². The molecule has 1 atom stereocenters. The maximum absolute atomic E-state index is 12.0. The predicted molar refractivity (Wildman–Crippen MR) is 188 cm³/mol. The van der Waals surface area contributed by atoms with Gasteiger partial charge in [0.15, 0.2) is 0 Å². The molecule has 6 N–H and O–H groups in total. The first-order chi connectivity index (χ1) is 23.1.